The standard InChI is InChI=1S/C16H26N2O2/c1-13(2)9-11-20-15-6-4-14(5-7-15)12-18-10-8-16(19)17-3/h4-7,13,18H,8-12H2,1-3H3,(H,17,19). The Morgan fingerprint density at radius 1 is 1.25 bits per heavy atom. The van der Waals surface area contributed by atoms with Crippen LogP contribution in [0.25, 0.3) is 0 Å². The zero-order chi connectivity index (χ0) is 14.8. The molecular weight excluding hydrogens is 252 g/mol. The van der Waals surface area contributed by atoms with Crippen LogP contribution in [0.1, 0.15) is 32.3 Å². The van der Waals surface area contributed by atoms with Gasteiger partial charge in [-0.2, -0.15) is 0 Å². The van der Waals surface area contributed by atoms with E-state index in [4.69, 9.17) is 4.74 Å². The molecule has 20 heavy (non-hydrogen) atoms. The van der Waals surface area contributed by atoms with Crippen molar-refractivity contribution in [2.75, 3.05) is 20.2 Å². The van der Waals surface area contributed by atoms with Crippen molar-refractivity contribution in [3.05, 3.63) is 29.8 Å². The molecule has 4 nitrogen and oxygen atoms in total. The molecule has 0 aromatic heterocycles. The number of hydrogen-bond acceptors (Lipinski definition) is 3. The van der Waals surface area contributed by atoms with E-state index in [1.807, 2.05) is 12.1 Å². The summed E-state index contributed by atoms with van der Waals surface area (Å²) in [7, 11) is 1.65. The molecule has 0 fully saturated rings. The smallest absolute Gasteiger partial charge is 0.221 e. The van der Waals surface area contributed by atoms with E-state index in [2.05, 4.69) is 36.6 Å². The monoisotopic (exact) mass is 278 g/mol. The maximum absolute atomic E-state index is 11.0. The molecule has 1 aromatic carbocycles. The SMILES string of the molecule is CNC(=O)CCNCc1ccc(OCCC(C)C)cc1. The Morgan fingerprint density at radius 3 is 2.55 bits per heavy atom. The first kappa shape index (κ1) is 16.5. The molecule has 0 saturated carbocycles. The van der Waals surface area contributed by atoms with E-state index in [1.54, 1.807) is 7.05 Å². The Kier molecular flexibility index (Phi) is 7.73. The minimum atomic E-state index is 0.0615. The van der Waals surface area contributed by atoms with Crippen molar-refractivity contribution in [3.8, 4) is 5.75 Å². The van der Waals surface area contributed by atoms with E-state index in [9.17, 15) is 4.79 Å². The predicted molar refractivity (Wildman–Crippen MR) is 81.8 cm³/mol. The van der Waals surface area contributed by atoms with E-state index in [1.165, 1.54) is 5.56 Å². The second-order valence-electron chi connectivity index (χ2n) is 5.27. The molecule has 0 spiro atoms. The summed E-state index contributed by atoms with van der Waals surface area (Å²) in [4.78, 5) is 11.0. The summed E-state index contributed by atoms with van der Waals surface area (Å²) >= 11 is 0. The molecule has 0 atom stereocenters. The highest BCUT2D eigenvalue weighted by Crippen LogP contribution is 2.13. The van der Waals surface area contributed by atoms with Crippen molar-refractivity contribution in [3.63, 3.8) is 0 Å². The highest BCUT2D eigenvalue weighted by atomic mass is 16.5. The Balaban J connectivity index is 2.23. The Hall–Kier alpha value is -1.55. The van der Waals surface area contributed by atoms with E-state index in [-0.39, 0.29) is 5.91 Å². The van der Waals surface area contributed by atoms with Crippen molar-refractivity contribution in [1.82, 2.24) is 10.6 Å². The van der Waals surface area contributed by atoms with Crippen molar-refractivity contribution >= 4 is 5.91 Å². The molecule has 0 aliphatic rings. The lowest BCUT2D eigenvalue weighted by atomic mass is 10.1. The topological polar surface area (TPSA) is 50.4 Å². The largest absolute Gasteiger partial charge is 0.494 e. The van der Waals surface area contributed by atoms with Gasteiger partial charge in [0, 0.05) is 26.6 Å². The van der Waals surface area contributed by atoms with Gasteiger partial charge >= 0.3 is 0 Å². The zero-order valence-electron chi connectivity index (χ0n) is 12.7. The summed E-state index contributed by atoms with van der Waals surface area (Å²) in [5, 5.41) is 5.85. The average Bonchev–Trinajstić information content (AvgIpc) is 2.44. The number of amides is 1. The third kappa shape index (κ3) is 7.14. The van der Waals surface area contributed by atoms with Crippen LogP contribution in [0.15, 0.2) is 24.3 Å². The summed E-state index contributed by atoms with van der Waals surface area (Å²) in [6.45, 7) is 6.60. The molecule has 4 heteroatoms. The van der Waals surface area contributed by atoms with Crippen molar-refractivity contribution in [2.24, 2.45) is 5.92 Å². The second-order valence-corrected chi connectivity index (χ2v) is 5.27. The van der Waals surface area contributed by atoms with Gasteiger partial charge in [0.1, 0.15) is 5.75 Å². The van der Waals surface area contributed by atoms with Crippen LogP contribution in [0.3, 0.4) is 0 Å². The predicted octanol–water partition coefficient (Wildman–Crippen LogP) is 2.34. The van der Waals surface area contributed by atoms with Crippen LogP contribution in [-0.2, 0) is 11.3 Å². The Morgan fingerprint density at radius 2 is 1.95 bits per heavy atom. The molecule has 1 aromatic rings. The summed E-state index contributed by atoms with van der Waals surface area (Å²) in [5.41, 5.74) is 1.19. The maximum Gasteiger partial charge on any atom is 0.221 e. The first-order chi connectivity index (χ1) is 9.61. The maximum atomic E-state index is 11.0. The molecule has 1 rings (SSSR count). The van der Waals surface area contributed by atoms with Crippen LogP contribution in [0.2, 0.25) is 0 Å². The Bertz CT molecular complexity index is 388. The fourth-order valence-electron chi connectivity index (χ4n) is 1.68. The van der Waals surface area contributed by atoms with Gasteiger partial charge in [-0.1, -0.05) is 26.0 Å². The third-order valence-electron chi connectivity index (χ3n) is 3.02. The van der Waals surface area contributed by atoms with Gasteiger partial charge in [-0.05, 0) is 30.0 Å². The number of carbonyl (C=O) groups is 1. The van der Waals surface area contributed by atoms with E-state index in [0.29, 0.717) is 18.9 Å². The van der Waals surface area contributed by atoms with Gasteiger partial charge in [-0.15, -0.1) is 0 Å². The lowest BCUT2D eigenvalue weighted by Crippen LogP contribution is -2.24. The van der Waals surface area contributed by atoms with Crippen LogP contribution < -0.4 is 15.4 Å². The van der Waals surface area contributed by atoms with Crippen LogP contribution in [0.5, 0.6) is 5.75 Å². The number of carbonyl (C=O) groups excluding carboxylic acids is 1. The summed E-state index contributed by atoms with van der Waals surface area (Å²) < 4.78 is 5.67. The summed E-state index contributed by atoms with van der Waals surface area (Å²) in [6, 6.07) is 8.10. The van der Waals surface area contributed by atoms with Crippen molar-refractivity contribution < 1.29 is 9.53 Å². The van der Waals surface area contributed by atoms with Gasteiger partial charge in [0.2, 0.25) is 5.91 Å². The minimum absolute atomic E-state index is 0.0615. The molecule has 0 aliphatic carbocycles. The first-order valence-electron chi connectivity index (χ1n) is 7.25. The lowest BCUT2D eigenvalue weighted by molar-refractivity contribution is -0.120. The van der Waals surface area contributed by atoms with Crippen molar-refractivity contribution in [2.45, 2.75) is 33.2 Å². The molecule has 112 valence electrons. The summed E-state index contributed by atoms with van der Waals surface area (Å²) in [6.07, 6.45) is 1.58. The van der Waals surface area contributed by atoms with Gasteiger partial charge < -0.3 is 15.4 Å². The van der Waals surface area contributed by atoms with E-state index in [0.717, 1.165) is 25.3 Å². The molecular formula is C16H26N2O2. The van der Waals surface area contributed by atoms with Gasteiger partial charge in [0.05, 0.1) is 6.61 Å². The second kappa shape index (κ2) is 9.37. The highest BCUT2D eigenvalue weighted by molar-refractivity contribution is 5.75. The van der Waals surface area contributed by atoms with Crippen molar-refractivity contribution in [1.29, 1.82) is 0 Å². The number of benzene rings is 1. The summed E-state index contributed by atoms with van der Waals surface area (Å²) in [5.74, 6) is 1.64. The normalized spacial score (nSPS) is 10.6. The average molecular weight is 278 g/mol. The Labute approximate surface area is 121 Å². The number of nitrogens with one attached hydrogen (secondary N) is 2. The van der Waals surface area contributed by atoms with Crippen LogP contribution in [-0.4, -0.2) is 26.1 Å². The number of ether oxygens (including phenoxy) is 1. The van der Waals surface area contributed by atoms with Gasteiger partial charge in [0.25, 0.3) is 0 Å². The molecule has 2 N–H and O–H groups in total. The third-order valence-corrected chi connectivity index (χ3v) is 3.02. The molecule has 1 amide bonds. The molecule has 0 unspecified atom stereocenters. The van der Waals surface area contributed by atoms with Crippen LogP contribution >= 0.6 is 0 Å². The van der Waals surface area contributed by atoms with Gasteiger partial charge in [-0.25, -0.2) is 0 Å². The fraction of sp³-hybridized carbons (Fsp3) is 0.562. The lowest BCUT2D eigenvalue weighted by Gasteiger charge is -2.09. The number of hydrogen-bond donors (Lipinski definition) is 2. The molecule has 0 saturated heterocycles. The van der Waals surface area contributed by atoms with E-state index >= 15 is 0 Å². The molecule has 0 heterocycles. The molecule has 0 bridgehead atoms. The highest BCUT2D eigenvalue weighted by Gasteiger charge is 1.99. The van der Waals surface area contributed by atoms with Crippen LogP contribution in [0.4, 0.5) is 0 Å². The minimum Gasteiger partial charge on any atom is -0.494 e. The van der Waals surface area contributed by atoms with Crippen LogP contribution in [0, 0.1) is 5.92 Å². The van der Waals surface area contributed by atoms with E-state index < -0.39 is 0 Å². The van der Waals surface area contributed by atoms with Gasteiger partial charge in [0.15, 0.2) is 0 Å². The molecule has 0 aliphatic heterocycles. The first-order valence-corrected chi connectivity index (χ1v) is 7.25. The fourth-order valence-corrected chi connectivity index (χ4v) is 1.68. The van der Waals surface area contributed by atoms with Gasteiger partial charge in [-0.3, -0.25) is 4.79 Å². The zero-order valence-corrected chi connectivity index (χ0v) is 12.7. The quantitative estimate of drug-likeness (QED) is 0.682. The molecule has 0 radical (unpaired) electrons. The number of rotatable bonds is 9.